The predicted molar refractivity (Wildman–Crippen MR) is 145 cm³/mol. The number of hydrogen-bond donors (Lipinski definition) is 2. The van der Waals surface area contributed by atoms with Crippen molar-refractivity contribution >= 4 is 0 Å². The van der Waals surface area contributed by atoms with E-state index in [4.69, 9.17) is 20.6 Å². The van der Waals surface area contributed by atoms with Crippen LogP contribution in [0, 0.1) is 18.3 Å². The van der Waals surface area contributed by atoms with Crippen molar-refractivity contribution in [3.63, 3.8) is 0 Å². The van der Waals surface area contributed by atoms with E-state index in [1.807, 2.05) is 84.9 Å². The molecule has 0 unspecified atom stereocenters. The molecule has 0 saturated carbocycles. The minimum Gasteiger partial charge on any atom is -0.497 e. The molecule has 0 spiro atoms. The summed E-state index contributed by atoms with van der Waals surface area (Å²) >= 11 is 0. The Labute approximate surface area is 225 Å². The summed E-state index contributed by atoms with van der Waals surface area (Å²) in [5.41, 5.74) is 0.294. The van der Waals surface area contributed by atoms with E-state index in [-0.39, 0.29) is 6.61 Å². The fraction of sp³-hybridized carbons (Fsp3) is 0.226. The standard InChI is InChI=1S/C31H28N2O6/c1-3-25-28(35)26(39-29(25)33-19-18-27(34)32-30(33)36)20-38-31(21-10-6-4-7-11-21,22-12-8-5-9-13-22)23-14-16-24(37-2)17-15-23/h1,4-19,25-26,28-29,35H,20H2,2H3,(H,32,34,36)/t25-,26-,28+,29-/m1/s1. The number of rotatable bonds is 8. The molecule has 5 rings (SSSR count). The van der Waals surface area contributed by atoms with E-state index < -0.39 is 41.2 Å². The molecule has 1 fully saturated rings. The van der Waals surface area contributed by atoms with E-state index in [0.29, 0.717) is 5.75 Å². The van der Waals surface area contributed by atoms with Crippen molar-refractivity contribution in [2.75, 3.05) is 13.7 Å². The number of benzene rings is 3. The average molecular weight is 525 g/mol. The number of hydrogen-bond acceptors (Lipinski definition) is 6. The Morgan fingerprint density at radius 1 is 0.949 bits per heavy atom. The van der Waals surface area contributed by atoms with Crippen LogP contribution in [0.25, 0.3) is 0 Å². The first-order chi connectivity index (χ1) is 19.0. The first-order valence-electron chi connectivity index (χ1n) is 12.5. The van der Waals surface area contributed by atoms with Crippen LogP contribution in [0.1, 0.15) is 22.9 Å². The van der Waals surface area contributed by atoms with Gasteiger partial charge in [-0.25, -0.2) is 4.79 Å². The van der Waals surface area contributed by atoms with Crippen LogP contribution < -0.4 is 16.0 Å². The van der Waals surface area contributed by atoms with Gasteiger partial charge in [-0.2, -0.15) is 0 Å². The Hall–Kier alpha value is -4.42. The number of nitrogens with one attached hydrogen (secondary N) is 1. The van der Waals surface area contributed by atoms with Gasteiger partial charge in [0.25, 0.3) is 5.56 Å². The molecule has 3 aromatic carbocycles. The summed E-state index contributed by atoms with van der Waals surface area (Å²) in [6.45, 7) is -0.0518. The number of terminal acetylenes is 1. The van der Waals surface area contributed by atoms with E-state index in [1.54, 1.807) is 7.11 Å². The lowest BCUT2D eigenvalue weighted by atomic mass is 9.80. The number of aliphatic hydroxyl groups excluding tert-OH is 1. The molecule has 1 saturated heterocycles. The minimum atomic E-state index is -1.13. The summed E-state index contributed by atoms with van der Waals surface area (Å²) in [6.07, 6.45) is 4.09. The largest absolute Gasteiger partial charge is 0.497 e. The van der Waals surface area contributed by atoms with E-state index in [2.05, 4.69) is 10.9 Å². The zero-order chi connectivity index (χ0) is 27.4. The van der Waals surface area contributed by atoms with Gasteiger partial charge in [0, 0.05) is 12.3 Å². The Morgan fingerprint density at radius 3 is 2.08 bits per heavy atom. The first-order valence-corrected chi connectivity index (χ1v) is 12.5. The van der Waals surface area contributed by atoms with E-state index in [9.17, 15) is 14.7 Å². The lowest BCUT2D eigenvalue weighted by molar-refractivity contribution is -0.0946. The topological polar surface area (TPSA) is 103 Å². The van der Waals surface area contributed by atoms with Gasteiger partial charge in [0.1, 0.15) is 23.6 Å². The maximum absolute atomic E-state index is 12.5. The molecule has 8 nitrogen and oxygen atoms in total. The number of ether oxygens (including phenoxy) is 3. The van der Waals surface area contributed by atoms with Crippen LogP contribution in [0.3, 0.4) is 0 Å². The van der Waals surface area contributed by atoms with Crippen molar-refractivity contribution < 1.29 is 19.3 Å². The molecule has 4 aromatic rings. The predicted octanol–water partition coefficient (Wildman–Crippen LogP) is 3.06. The highest BCUT2D eigenvalue weighted by Gasteiger charge is 2.46. The summed E-state index contributed by atoms with van der Waals surface area (Å²) < 4.78 is 19.5. The van der Waals surface area contributed by atoms with Gasteiger partial charge in [0.05, 0.1) is 19.6 Å². The monoisotopic (exact) mass is 524 g/mol. The average Bonchev–Trinajstić information content (AvgIpc) is 3.29. The van der Waals surface area contributed by atoms with E-state index in [0.717, 1.165) is 16.7 Å². The highest BCUT2D eigenvalue weighted by atomic mass is 16.6. The summed E-state index contributed by atoms with van der Waals surface area (Å²) in [6, 6.07) is 28.4. The normalized spacial score (nSPS) is 20.8. The lowest BCUT2D eigenvalue weighted by Gasteiger charge is -2.37. The van der Waals surface area contributed by atoms with Gasteiger partial charge < -0.3 is 19.3 Å². The van der Waals surface area contributed by atoms with Crippen LogP contribution in [0.2, 0.25) is 0 Å². The van der Waals surface area contributed by atoms with Gasteiger partial charge in [-0.15, -0.1) is 6.42 Å². The quantitative estimate of drug-likeness (QED) is 0.271. The first kappa shape index (κ1) is 26.2. The van der Waals surface area contributed by atoms with Crippen LogP contribution in [0.15, 0.2) is 107 Å². The summed E-state index contributed by atoms with van der Waals surface area (Å²) in [5.74, 6) is 2.40. The second kappa shape index (κ2) is 11.1. The fourth-order valence-corrected chi connectivity index (χ4v) is 5.06. The molecule has 0 aliphatic carbocycles. The summed E-state index contributed by atoms with van der Waals surface area (Å²) in [4.78, 5) is 26.2. The van der Waals surface area contributed by atoms with Gasteiger partial charge in [-0.3, -0.25) is 14.3 Å². The Kier molecular flexibility index (Phi) is 7.48. The molecule has 4 atom stereocenters. The third kappa shape index (κ3) is 4.91. The molecular formula is C31H28N2O6. The van der Waals surface area contributed by atoms with Crippen molar-refractivity contribution in [3.8, 4) is 18.1 Å². The van der Waals surface area contributed by atoms with Crippen molar-refractivity contribution in [2.45, 2.75) is 24.0 Å². The number of nitrogens with zero attached hydrogens (tertiary/aromatic N) is 1. The number of aromatic nitrogens is 2. The minimum absolute atomic E-state index is 0.0518. The molecule has 39 heavy (non-hydrogen) atoms. The summed E-state index contributed by atoms with van der Waals surface area (Å²) in [5, 5.41) is 11.2. The molecule has 2 heterocycles. The Balaban J connectivity index is 1.56. The smallest absolute Gasteiger partial charge is 0.330 e. The van der Waals surface area contributed by atoms with Crippen LogP contribution in [0.4, 0.5) is 0 Å². The van der Waals surface area contributed by atoms with Gasteiger partial charge in [0.15, 0.2) is 6.23 Å². The maximum atomic E-state index is 12.5. The molecule has 8 heteroatoms. The molecule has 0 amide bonds. The molecule has 1 aromatic heterocycles. The van der Waals surface area contributed by atoms with Crippen LogP contribution >= 0.6 is 0 Å². The second-order valence-electron chi connectivity index (χ2n) is 9.22. The van der Waals surface area contributed by atoms with Gasteiger partial charge >= 0.3 is 5.69 Å². The van der Waals surface area contributed by atoms with Crippen LogP contribution in [-0.2, 0) is 15.1 Å². The lowest BCUT2D eigenvalue weighted by Crippen LogP contribution is -2.38. The van der Waals surface area contributed by atoms with Crippen molar-refractivity contribution in [2.24, 2.45) is 5.92 Å². The molecule has 0 radical (unpaired) electrons. The zero-order valence-corrected chi connectivity index (χ0v) is 21.3. The number of methoxy groups -OCH3 is 1. The highest BCUT2D eigenvalue weighted by molar-refractivity contribution is 5.48. The number of aliphatic hydroxyl groups is 1. The Bertz CT molecular complexity index is 1520. The molecular weight excluding hydrogens is 496 g/mol. The van der Waals surface area contributed by atoms with Crippen molar-refractivity contribution in [1.82, 2.24) is 9.55 Å². The molecule has 0 bridgehead atoms. The summed E-state index contributed by atoms with van der Waals surface area (Å²) in [7, 11) is 1.61. The molecule has 1 aliphatic heterocycles. The van der Waals surface area contributed by atoms with E-state index >= 15 is 0 Å². The number of aromatic amines is 1. The van der Waals surface area contributed by atoms with E-state index in [1.165, 1.54) is 16.8 Å². The van der Waals surface area contributed by atoms with Crippen molar-refractivity contribution in [1.29, 1.82) is 0 Å². The SMILES string of the molecule is C#C[C@@H]1[C@H](O)[C@@H](COC(c2ccccc2)(c2ccccc2)c2ccc(OC)cc2)O[C@H]1n1ccc(=O)[nH]c1=O. The zero-order valence-electron chi connectivity index (χ0n) is 21.3. The van der Waals surface area contributed by atoms with Crippen LogP contribution in [0.5, 0.6) is 5.75 Å². The third-order valence-electron chi connectivity index (χ3n) is 7.01. The maximum Gasteiger partial charge on any atom is 0.330 e. The third-order valence-corrected chi connectivity index (χ3v) is 7.01. The highest BCUT2D eigenvalue weighted by Crippen LogP contribution is 2.42. The van der Waals surface area contributed by atoms with Crippen molar-refractivity contribution in [3.05, 3.63) is 135 Å². The van der Waals surface area contributed by atoms with Gasteiger partial charge in [0.2, 0.25) is 0 Å². The molecule has 2 N–H and O–H groups in total. The fourth-order valence-electron chi connectivity index (χ4n) is 5.06. The Morgan fingerprint density at radius 2 is 1.54 bits per heavy atom. The van der Waals surface area contributed by atoms with Gasteiger partial charge in [-0.1, -0.05) is 78.7 Å². The second-order valence-corrected chi connectivity index (χ2v) is 9.22. The molecule has 198 valence electrons. The van der Waals surface area contributed by atoms with Crippen LogP contribution in [-0.4, -0.2) is 40.6 Å². The molecule has 1 aliphatic rings. The van der Waals surface area contributed by atoms with Gasteiger partial charge in [-0.05, 0) is 28.8 Å². The number of H-pyrrole nitrogens is 1.